The fourth-order valence-corrected chi connectivity index (χ4v) is 2.44. The van der Waals surface area contributed by atoms with Crippen LogP contribution in [0.25, 0.3) is 0 Å². The van der Waals surface area contributed by atoms with E-state index in [0.717, 1.165) is 25.7 Å². The lowest BCUT2D eigenvalue weighted by molar-refractivity contribution is 0.202. The Bertz CT molecular complexity index is 148. The van der Waals surface area contributed by atoms with Gasteiger partial charge in [-0.1, -0.05) is 64.7 Å². The van der Waals surface area contributed by atoms with Gasteiger partial charge in [0.25, 0.3) is 0 Å². The molecule has 1 atom stereocenters. The van der Waals surface area contributed by atoms with E-state index < -0.39 is 0 Å². The molecule has 2 heteroatoms. The number of aliphatic hydroxyl groups excluding tert-OH is 2. The van der Waals surface area contributed by atoms with E-state index in [2.05, 4.69) is 6.92 Å². The van der Waals surface area contributed by atoms with Crippen LogP contribution in [-0.4, -0.2) is 23.4 Å². The lowest BCUT2D eigenvalue weighted by Gasteiger charge is -2.13. The van der Waals surface area contributed by atoms with Crippen molar-refractivity contribution < 1.29 is 10.2 Å². The summed E-state index contributed by atoms with van der Waals surface area (Å²) in [6.45, 7) is 2.90. The highest BCUT2D eigenvalue weighted by atomic mass is 16.3. The Morgan fingerprint density at radius 1 is 0.667 bits per heavy atom. The summed E-state index contributed by atoms with van der Waals surface area (Å²) in [6.07, 6.45) is 14.9. The molecule has 0 aliphatic heterocycles. The van der Waals surface area contributed by atoms with Crippen LogP contribution >= 0.6 is 0 Å². The van der Waals surface area contributed by atoms with Crippen LogP contribution in [0.2, 0.25) is 0 Å². The Morgan fingerprint density at radius 2 is 1.17 bits per heavy atom. The second-order valence-electron chi connectivity index (χ2n) is 5.53. The number of rotatable bonds is 14. The minimum Gasteiger partial charge on any atom is -0.396 e. The molecular weight excluding hydrogens is 224 g/mol. The number of hydrogen-bond donors (Lipinski definition) is 2. The molecule has 0 aliphatic rings. The van der Waals surface area contributed by atoms with Crippen molar-refractivity contribution in [2.45, 2.75) is 84.0 Å². The molecule has 0 aliphatic carbocycles. The molecule has 1 unspecified atom stereocenters. The maximum Gasteiger partial charge on any atom is 0.0459 e. The first-order chi connectivity index (χ1) is 8.85. The molecule has 0 amide bonds. The van der Waals surface area contributed by atoms with Gasteiger partial charge >= 0.3 is 0 Å². The van der Waals surface area contributed by atoms with E-state index in [0.29, 0.717) is 19.1 Å². The van der Waals surface area contributed by atoms with Crippen molar-refractivity contribution in [3.8, 4) is 0 Å². The van der Waals surface area contributed by atoms with Crippen LogP contribution in [0.5, 0.6) is 0 Å². The average Bonchev–Trinajstić information content (AvgIpc) is 2.40. The van der Waals surface area contributed by atoms with E-state index in [-0.39, 0.29) is 0 Å². The third kappa shape index (κ3) is 12.4. The van der Waals surface area contributed by atoms with E-state index in [4.69, 9.17) is 5.11 Å². The molecule has 2 nitrogen and oxygen atoms in total. The van der Waals surface area contributed by atoms with E-state index in [1.165, 1.54) is 51.4 Å². The molecular formula is C16H34O2. The summed E-state index contributed by atoms with van der Waals surface area (Å²) in [6, 6.07) is 0. The number of unbranched alkanes of at least 4 members (excludes halogenated alkanes) is 8. The largest absolute Gasteiger partial charge is 0.396 e. The normalized spacial score (nSPS) is 12.8. The van der Waals surface area contributed by atoms with Gasteiger partial charge in [-0.15, -0.1) is 0 Å². The summed E-state index contributed by atoms with van der Waals surface area (Å²) in [4.78, 5) is 0. The van der Waals surface area contributed by atoms with Gasteiger partial charge < -0.3 is 10.2 Å². The predicted molar refractivity (Wildman–Crippen MR) is 78.7 cm³/mol. The summed E-state index contributed by atoms with van der Waals surface area (Å²) >= 11 is 0. The molecule has 0 aromatic heterocycles. The van der Waals surface area contributed by atoms with Crippen LogP contribution in [0.3, 0.4) is 0 Å². The maximum absolute atomic E-state index is 9.31. The third-order valence-electron chi connectivity index (χ3n) is 3.74. The van der Waals surface area contributed by atoms with E-state index in [1.54, 1.807) is 0 Å². The first-order valence-electron chi connectivity index (χ1n) is 8.06. The van der Waals surface area contributed by atoms with Crippen LogP contribution in [-0.2, 0) is 0 Å². The lowest BCUT2D eigenvalue weighted by Crippen LogP contribution is -2.06. The van der Waals surface area contributed by atoms with Gasteiger partial charge in [0.1, 0.15) is 0 Å². The summed E-state index contributed by atoms with van der Waals surface area (Å²) in [5.41, 5.74) is 0. The quantitative estimate of drug-likeness (QED) is 0.456. The van der Waals surface area contributed by atoms with Gasteiger partial charge in [0.15, 0.2) is 0 Å². The highest BCUT2D eigenvalue weighted by Gasteiger charge is 2.06. The van der Waals surface area contributed by atoms with Crippen molar-refractivity contribution in [1.82, 2.24) is 0 Å². The lowest BCUT2D eigenvalue weighted by atomic mass is 9.95. The van der Waals surface area contributed by atoms with Crippen LogP contribution in [0, 0.1) is 5.92 Å². The minimum absolute atomic E-state index is 0.307. The minimum atomic E-state index is 0.307. The molecule has 0 aromatic rings. The molecule has 0 saturated carbocycles. The standard InChI is InChI=1S/C16H34O2/c1-2-3-4-5-6-7-9-12-16(15-18)13-10-8-11-14-17/h16-18H,2-15H2,1H3. The molecule has 0 radical (unpaired) electrons. The Labute approximate surface area is 114 Å². The Balaban J connectivity index is 3.27. The molecule has 110 valence electrons. The van der Waals surface area contributed by atoms with Crippen LogP contribution in [0.15, 0.2) is 0 Å². The van der Waals surface area contributed by atoms with Gasteiger partial charge in [-0.25, -0.2) is 0 Å². The predicted octanol–water partition coefficient (Wildman–Crippen LogP) is 4.29. The summed E-state index contributed by atoms with van der Waals surface area (Å²) in [5, 5.41) is 18.0. The van der Waals surface area contributed by atoms with Gasteiger partial charge in [-0.05, 0) is 25.2 Å². The highest BCUT2D eigenvalue weighted by molar-refractivity contribution is 4.59. The van der Waals surface area contributed by atoms with Crippen LogP contribution < -0.4 is 0 Å². The molecule has 0 heterocycles. The van der Waals surface area contributed by atoms with Crippen molar-refractivity contribution in [2.75, 3.05) is 13.2 Å². The van der Waals surface area contributed by atoms with Crippen molar-refractivity contribution in [3.05, 3.63) is 0 Å². The summed E-state index contributed by atoms with van der Waals surface area (Å²) < 4.78 is 0. The maximum atomic E-state index is 9.31. The average molecular weight is 258 g/mol. The molecule has 0 spiro atoms. The molecule has 0 rings (SSSR count). The second kappa shape index (κ2) is 15.0. The van der Waals surface area contributed by atoms with Gasteiger partial charge in [-0.3, -0.25) is 0 Å². The van der Waals surface area contributed by atoms with Crippen molar-refractivity contribution in [3.63, 3.8) is 0 Å². The van der Waals surface area contributed by atoms with E-state index >= 15 is 0 Å². The monoisotopic (exact) mass is 258 g/mol. The zero-order valence-electron chi connectivity index (χ0n) is 12.4. The topological polar surface area (TPSA) is 40.5 Å². The fourth-order valence-electron chi connectivity index (χ4n) is 2.44. The zero-order valence-corrected chi connectivity index (χ0v) is 12.4. The van der Waals surface area contributed by atoms with Crippen LogP contribution in [0.1, 0.15) is 84.0 Å². The zero-order chi connectivity index (χ0) is 13.5. The van der Waals surface area contributed by atoms with Crippen molar-refractivity contribution in [2.24, 2.45) is 5.92 Å². The molecule has 0 aromatic carbocycles. The highest BCUT2D eigenvalue weighted by Crippen LogP contribution is 2.17. The van der Waals surface area contributed by atoms with E-state index in [9.17, 15) is 5.11 Å². The Hall–Kier alpha value is -0.0800. The Morgan fingerprint density at radius 3 is 1.67 bits per heavy atom. The summed E-state index contributed by atoms with van der Waals surface area (Å²) in [5.74, 6) is 0.499. The smallest absolute Gasteiger partial charge is 0.0459 e. The van der Waals surface area contributed by atoms with Gasteiger partial charge in [0.05, 0.1) is 0 Å². The molecule has 2 N–H and O–H groups in total. The first-order valence-corrected chi connectivity index (χ1v) is 8.06. The van der Waals surface area contributed by atoms with E-state index in [1.807, 2.05) is 0 Å². The summed E-state index contributed by atoms with van der Waals surface area (Å²) in [7, 11) is 0. The van der Waals surface area contributed by atoms with Crippen molar-refractivity contribution in [1.29, 1.82) is 0 Å². The molecule has 0 bridgehead atoms. The van der Waals surface area contributed by atoms with Gasteiger partial charge in [0, 0.05) is 13.2 Å². The fraction of sp³-hybridized carbons (Fsp3) is 1.00. The number of aliphatic hydroxyl groups is 2. The molecule has 0 fully saturated rings. The first kappa shape index (κ1) is 17.9. The third-order valence-corrected chi connectivity index (χ3v) is 3.74. The van der Waals surface area contributed by atoms with Crippen LogP contribution in [0.4, 0.5) is 0 Å². The van der Waals surface area contributed by atoms with Gasteiger partial charge in [0.2, 0.25) is 0 Å². The second-order valence-corrected chi connectivity index (χ2v) is 5.53. The number of hydrogen-bond acceptors (Lipinski definition) is 2. The van der Waals surface area contributed by atoms with Gasteiger partial charge in [-0.2, -0.15) is 0 Å². The SMILES string of the molecule is CCCCCCCCCC(CO)CCCCCO. The molecule has 18 heavy (non-hydrogen) atoms. The van der Waals surface area contributed by atoms with Crippen molar-refractivity contribution >= 4 is 0 Å². The molecule has 0 saturated heterocycles. The Kier molecular flexibility index (Phi) is 14.9.